The van der Waals surface area contributed by atoms with Crippen molar-refractivity contribution < 1.29 is 18.7 Å². The Morgan fingerprint density at radius 2 is 2.12 bits per heavy atom. The van der Waals surface area contributed by atoms with E-state index in [1.165, 1.54) is 25.3 Å². The van der Waals surface area contributed by atoms with Crippen LogP contribution in [0.3, 0.4) is 0 Å². The number of carbonyl (C=O) groups is 2. The van der Waals surface area contributed by atoms with E-state index >= 15 is 0 Å². The van der Waals surface area contributed by atoms with E-state index in [0.717, 1.165) is 12.8 Å². The second-order valence-electron chi connectivity index (χ2n) is 6.17. The summed E-state index contributed by atoms with van der Waals surface area (Å²) in [7, 11) is 1.35. The molecule has 8 heteroatoms. The summed E-state index contributed by atoms with van der Waals surface area (Å²) in [5.74, 6) is -1.42. The molecule has 0 bridgehead atoms. The van der Waals surface area contributed by atoms with Gasteiger partial charge in [-0.05, 0) is 37.5 Å². The summed E-state index contributed by atoms with van der Waals surface area (Å²) in [6.45, 7) is 0. The predicted octanol–water partition coefficient (Wildman–Crippen LogP) is 1.40. The maximum absolute atomic E-state index is 13.8. The number of amides is 1. The summed E-state index contributed by atoms with van der Waals surface area (Å²) in [6, 6.07) is 3.47. The van der Waals surface area contributed by atoms with Crippen LogP contribution < -0.4 is 16.2 Å². The van der Waals surface area contributed by atoms with Crippen LogP contribution in [0.1, 0.15) is 29.6 Å². The van der Waals surface area contributed by atoms with Crippen molar-refractivity contribution in [1.29, 1.82) is 0 Å². The molecule has 1 heterocycles. The van der Waals surface area contributed by atoms with Crippen LogP contribution in [-0.2, 0) is 9.53 Å². The Morgan fingerprint density at radius 1 is 1.33 bits per heavy atom. The second kappa shape index (κ2) is 7.04. The highest BCUT2D eigenvalue weighted by Gasteiger charge is 2.44. The van der Waals surface area contributed by atoms with Crippen LogP contribution in [0.5, 0.6) is 0 Å². The van der Waals surface area contributed by atoms with Crippen molar-refractivity contribution in [3.8, 4) is 0 Å². The highest BCUT2D eigenvalue weighted by atomic mass is 35.5. The van der Waals surface area contributed by atoms with Gasteiger partial charge >= 0.3 is 5.97 Å². The lowest BCUT2D eigenvalue weighted by Gasteiger charge is -2.32. The number of esters is 1. The molecule has 1 aromatic rings. The lowest BCUT2D eigenvalue weighted by Crippen LogP contribution is -2.46. The molecular formula is C16H19ClFN3O3. The lowest BCUT2D eigenvalue weighted by atomic mass is 9.79. The Hall–Kier alpha value is -1.70. The maximum Gasteiger partial charge on any atom is 0.324 e. The number of methoxy groups -OCH3 is 1. The van der Waals surface area contributed by atoms with Gasteiger partial charge in [-0.15, -0.1) is 0 Å². The van der Waals surface area contributed by atoms with Crippen molar-refractivity contribution in [3.05, 3.63) is 34.6 Å². The quantitative estimate of drug-likeness (QED) is 0.714. The summed E-state index contributed by atoms with van der Waals surface area (Å²) < 4.78 is 18.6. The number of carbonyl (C=O) groups excluding carboxylic acids is 2. The van der Waals surface area contributed by atoms with Gasteiger partial charge < -0.3 is 10.1 Å². The number of hydrogen-bond donors (Lipinski definition) is 3. The molecule has 1 aliphatic heterocycles. The molecule has 3 rings (SSSR count). The highest BCUT2D eigenvalue weighted by Crippen LogP contribution is 2.31. The third-order valence-corrected chi connectivity index (χ3v) is 4.95. The van der Waals surface area contributed by atoms with Crippen molar-refractivity contribution in [1.82, 2.24) is 16.2 Å². The molecule has 1 saturated heterocycles. The van der Waals surface area contributed by atoms with Crippen molar-refractivity contribution >= 4 is 23.5 Å². The first-order valence-electron chi connectivity index (χ1n) is 7.84. The number of hydrazine groups is 1. The average Bonchev–Trinajstić information content (AvgIpc) is 2.99. The highest BCUT2D eigenvalue weighted by molar-refractivity contribution is 6.31. The smallest absolute Gasteiger partial charge is 0.324 e. The topological polar surface area (TPSA) is 79.5 Å². The summed E-state index contributed by atoms with van der Waals surface area (Å²) in [5.41, 5.74) is 5.99. The predicted molar refractivity (Wildman–Crippen MR) is 85.9 cm³/mol. The van der Waals surface area contributed by atoms with Gasteiger partial charge in [-0.1, -0.05) is 11.6 Å². The van der Waals surface area contributed by atoms with Gasteiger partial charge in [-0.3, -0.25) is 15.0 Å². The zero-order valence-electron chi connectivity index (χ0n) is 13.1. The van der Waals surface area contributed by atoms with Crippen molar-refractivity contribution in [2.45, 2.75) is 37.4 Å². The van der Waals surface area contributed by atoms with E-state index < -0.39 is 17.8 Å². The van der Waals surface area contributed by atoms with E-state index in [2.05, 4.69) is 16.2 Å². The molecular weight excluding hydrogens is 337 g/mol. The second-order valence-corrected chi connectivity index (χ2v) is 6.60. The molecule has 0 radical (unpaired) electrons. The van der Waals surface area contributed by atoms with E-state index in [4.69, 9.17) is 16.3 Å². The first-order valence-corrected chi connectivity index (χ1v) is 8.22. The average molecular weight is 356 g/mol. The van der Waals surface area contributed by atoms with Gasteiger partial charge in [0, 0.05) is 23.0 Å². The lowest BCUT2D eigenvalue weighted by molar-refractivity contribution is -0.144. The van der Waals surface area contributed by atoms with Gasteiger partial charge in [0.25, 0.3) is 5.91 Å². The van der Waals surface area contributed by atoms with Crippen molar-refractivity contribution in [3.63, 3.8) is 0 Å². The monoisotopic (exact) mass is 355 g/mol. The standard InChI is InChI=1S/C16H19ClFN3O3/c1-24-16(23)14-11-7-9(3-5-13(11)20-21-14)19-15(22)10-6-8(17)2-4-12(10)18/h2,4,6,9,11,13-14,20-21H,3,5,7H2,1H3,(H,19,22). The Kier molecular flexibility index (Phi) is 5.03. The van der Waals surface area contributed by atoms with E-state index in [1.807, 2.05) is 0 Å². The van der Waals surface area contributed by atoms with Gasteiger partial charge in [0.2, 0.25) is 0 Å². The van der Waals surface area contributed by atoms with E-state index in [-0.39, 0.29) is 29.5 Å². The molecule has 1 amide bonds. The Morgan fingerprint density at radius 3 is 2.88 bits per heavy atom. The van der Waals surface area contributed by atoms with Gasteiger partial charge in [-0.25, -0.2) is 9.82 Å². The third kappa shape index (κ3) is 3.38. The van der Waals surface area contributed by atoms with Crippen LogP contribution in [-0.4, -0.2) is 37.1 Å². The molecule has 130 valence electrons. The molecule has 24 heavy (non-hydrogen) atoms. The van der Waals surface area contributed by atoms with Crippen LogP contribution >= 0.6 is 11.6 Å². The molecule has 4 unspecified atom stereocenters. The van der Waals surface area contributed by atoms with Gasteiger partial charge in [0.05, 0.1) is 12.7 Å². The van der Waals surface area contributed by atoms with Crippen LogP contribution in [0.25, 0.3) is 0 Å². The van der Waals surface area contributed by atoms with Crippen molar-refractivity contribution in [2.75, 3.05) is 7.11 Å². The molecule has 1 aliphatic carbocycles. The fourth-order valence-corrected chi connectivity index (χ4v) is 3.66. The minimum Gasteiger partial charge on any atom is -0.468 e. The summed E-state index contributed by atoms with van der Waals surface area (Å²) in [4.78, 5) is 24.1. The summed E-state index contributed by atoms with van der Waals surface area (Å²) >= 11 is 5.83. The van der Waals surface area contributed by atoms with Gasteiger partial charge in [0.1, 0.15) is 11.9 Å². The summed E-state index contributed by atoms with van der Waals surface area (Å²) in [5, 5.41) is 3.15. The Bertz CT molecular complexity index is 657. The normalized spacial score (nSPS) is 29.0. The molecule has 2 aliphatic rings. The minimum atomic E-state index is -0.609. The molecule has 4 atom stereocenters. The van der Waals surface area contributed by atoms with E-state index in [0.29, 0.717) is 11.4 Å². The molecule has 0 spiro atoms. The SMILES string of the molecule is COC(=O)C1NNC2CCC(NC(=O)c3cc(Cl)ccc3F)CC21. The number of hydrogen-bond acceptors (Lipinski definition) is 5. The zero-order chi connectivity index (χ0) is 17.3. The number of nitrogens with one attached hydrogen (secondary N) is 3. The summed E-state index contributed by atoms with van der Waals surface area (Å²) in [6.07, 6.45) is 2.16. The maximum atomic E-state index is 13.8. The number of ether oxygens (including phenoxy) is 1. The van der Waals surface area contributed by atoms with Crippen LogP contribution in [0.15, 0.2) is 18.2 Å². The first kappa shape index (κ1) is 17.1. The molecule has 1 saturated carbocycles. The molecule has 6 nitrogen and oxygen atoms in total. The number of fused-ring (bicyclic) bond motifs is 1. The molecule has 1 aromatic carbocycles. The van der Waals surface area contributed by atoms with Gasteiger partial charge in [0.15, 0.2) is 0 Å². The fourth-order valence-electron chi connectivity index (χ4n) is 3.48. The minimum absolute atomic E-state index is 0.0145. The number of rotatable bonds is 3. The molecule has 2 fully saturated rings. The zero-order valence-corrected chi connectivity index (χ0v) is 13.9. The fraction of sp³-hybridized carbons (Fsp3) is 0.500. The third-order valence-electron chi connectivity index (χ3n) is 4.72. The molecule has 3 N–H and O–H groups in total. The number of halogens is 2. The van der Waals surface area contributed by atoms with Crippen LogP contribution in [0.4, 0.5) is 4.39 Å². The van der Waals surface area contributed by atoms with E-state index in [9.17, 15) is 14.0 Å². The molecule has 0 aromatic heterocycles. The van der Waals surface area contributed by atoms with E-state index in [1.54, 1.807) is 0 Å². The first-order chi connectivity index (χ1) is 11.5. The largest absolute Gasteiger partial charge is 0.468 e. The van der Waals surface area contributed by atoms with Crippen molar-refractivity contribution in [2.24, 2.45) is 5.92 Å². The van der Waals surface area contributed by atoms with Crippen LogP contribution in [0, 0.1) is 11.7 Å². The van der Waals surface area contributed by atoms with Crippen LogP contribution in [0.2, 0.25) is 5.02 Å². The number of benzene rings is 1. The van der Waals surface area contributed by atoms with Gasteiger partial charge in [-0.2, -0.15) is 0 Å². The Labute approximate surface area is 144 Å². The Balaban J connectivity index is 1.67.